The summed E-state index contributed by atoms with van der Waals surface area (Å²) >= 11 is 0. The molecular formula is C10H18N4. The lowest BCUT2D eigenvalue weighted by Crippen LogP contribution is -2.21. The molecule has 1 saturated heterocycles. The molecule has 0 radical (unpaired) electrons. The summed E-state index contributed by atoms with van der Waals surface area (Å²) in [6.45, 7) is 4.73. The molecule has 2 heterocycles. The number of likely N-dealkylation sites (tertiary alicyclic amines) is 1. The maximum absolute atomic E-state index is 5.53. The van der Waals surface area contributed by atoms with Crippen molar-refractivity contribution in [2.75, 3.05) is 25.4 Å². The molecule has 78 valence electrons. The van der Waals surface area contributed by atoms with Gasteiger partial charge in [-0.25, -0.2) is 0 Å². The summed E-state index contributed by atoms with van der Waals surface area (Å²) in [5.41, 5.74) is 5.53. The van der Waals surface area contributed by atoms with E-state index in [1.54, 1.807) is 0 Å². The fourth-order valence-corrected chi connectivity index (χ4v) is 1.96. The van der Waals surface area contributed by atoms with Gasteiger partial charge in [-0.15, -0.1) is 0 Å². The molecule has 1 aliphatic rings. The molecule has 0 bridgehead atoms. The zero-order valence-electron chi connectivity index (χ0n) is 8.52. The first kappa shape index (κ1) is 9.52. The average molecular weight is 194 g/mol. The third kappa shape index (κ3) is 2.48. The standard InChI is InChI=1S/C10H18N4/c11-10-4-9-14(12-10)8-3-7-13-5-1-2-6-13/h4,9H,1-3,5-8H2,(H2,11,12). The monoisotopic (exact) mass is 194 g/mol. The van der Waals surface area contributed by atoms with Crippen LogP contribution in [0.25, 0.3) is 0 Å². The Bertz CT molecular complexity index is 275. The summed E-state index contributed by atoms with van der Waals surface area (Å²) in [6.07, 6.45) is 5.85. The van der Waals surface area contributed by atoms with Crippen molar-refractivity contribution in [3.63, 3.8) is 0 Å². The first-order chi connectivity index (χ1) is 6.84. The van der Waals surface area contributed by atoms with E-state index in [2.05, 4.69) is 10.00 Å². The third-order valence-electron chi connectivity index (χ3n) is 2.72. The Morgan fingerprint density at radius 2 is 2.07 bits per heavy atom. The lowest BCUT2D eigenvalue weighted by molar-refractivity contribution is 0.322. The molecule has 4 heteroatoms. The van der Waals surface area contributed by atoms with Crippen molar-refractivity contribution >= 4 is 5.82 Å². The number of hydrogen-bond acceptors (Lipinski definition) is 3. The third-order valence-corrected chi connectivity index (χ3v) is 2.72. The number of nitrogens with zero attached hydrogens (tertiary/aromatic N) is 3. The highest BCUT2D eigenvalue weighted by molar-refractivity contribution is 5.23. The van der Waals surface area contributed by atoms with Gasteiger partial charge < -0.3 is 10.6 Å². The topological polar surface area (TPSA) is 47.1 Å². The van der Waals surface area contributed by atoms with Crippen LogP contribution < -0.4 is 5.73 Å². The molecule has 1 aromatic rings. The molecule has 0 aliphatic carbocycles. The summed E-state index contributed by atoms with van der Waals surface area (Å²) in [5.74, 6) is 0.617. The first-order valence-electron chi connectivity index (χ1n) is 5.36. The van der Waals surface area contributed by atoms with Crippen LogP contribution in [0.5, 0.6) is 0 Å². The van der Waals surface area contributed by atoms with Gasteiger partial charge in [0, 0.05) is 12.7 Å². The highest BCUT2D eigenvalue weighted by atomic mass is 15.3. The summed E-state index contributed by atoms with van der Waals surface area (Å²) in [5, 5.41) is 4.15. The molecule has 0 saturated carbocycles. The molecule has 2 N–H and O–H groups in total. The summed E-state index contributed by atoms with van der Waals surface area (Å²) in [6, 6.07) is 1.84. The van der Waals surface area contributed by atoms with E-state index in [0.717, 1.165) is 6.54 Å². The normalized spacial score (nSPS) is 17.7. The number of rotatable bonds is 4. The van der Waals surface area contributed by atoms with Gasteiger partial charge in [-0.05, 0) is 45.0 Å². The van der Waals surface area contributed by atoms with Crippen molar-refractivity contribution in [1.29, 1.82) is 0 Å². The second-order valence-corrected chi connectivity index (χ2v) is 3.91. The van der Waals surface area contributed by atoms with Gasteiger partial charge >= 0.3 is 0 Å². The maximum Gasteiger partial charge on any atom is 0.145 e. The predicted molar refractivity (Wildman–Crippen MR) is 56.9 cm³/mol. The second kappa shape index (κ2) is 4.46. The van der Waals surface area contributed by atoms with E-state index in [9.17, 15) is 0 Å². The van der Waals surface area contributed by atoms with Gasteiger partial charge in [0.15, 0.2) is 0 Å². The largest absolute Gasteiger partial charge is 0.382 e. The van der Waals surface area contributed by atoms with Gasteiger partial charge in [0.1, 0.15) is 5.82 Å². The molecule has 0 spiro atoms. The van der Waals surface area contributed by atoms with E-state index in [0.29, 0.717) is 5.82 Å². The van der Waals surface area contributed by atoms with Crippen LogP contribution in [-0.2, 0) is 6.54 Å². The van der Waals surface area contributed by atoms with Crippen molar-refractivity contribution in [1.82, 2.24) is 14.7 Å². The van der Waals surface area contributed by atoms with Crippen LogP contribution >= 0.6 is 0 Å². The molecule has 0 atom stereocenters. The number of aromatic nitrogens is 2. The zero-order valence-corrected chi connectivity index (χ0v) is 8.52. The SMILES string of the molecule is Nc1ccn(CCCN2CCCC2)n1. The highest BCUT2D eigenvalue weighted by Crippen LogP contribution is 2.07. The van der Waals surface area contributed by atoms with Gasteiger partial charge in [0.05, 0.1) is 0 Å². The van der Waals surface area contributed by atoms with E-state index >= 15 is 0 Å². The van der Waals surface area contributed by atoms with Crippen LogP contribution in [0, 0.1) is 0 Å². The van der Waals surface area contributed by atoms with Crippen LogP contribution in [0.1, 0.15) is 19.3 Å². The second-order valence-electron chi connectivity index (χ2n) is 3.91. The van der Waals surface area contributed by atoms with Crippen LogP contribution in [0.2, 0.25) is 0 Å². The Morgan fingerprint density at radius 1 is 1.29 bits per heavy atom. The molecule has 1 aromatic heterocycles. The Morgan fingerprint density at radius 3 is 2.71 bits per heavy atom. The maximum atomic E-state index is 5.53. The average Bonchev–Trinajstić information content (AvgIpc) is 2.77. The molecule has 4 nitrogen and oxygen atoms in total. The van der Waals surface area contributed by atoms with Crippen LogP contribution in [0.4, 0.5) is 5.82 Å². The van der Waals surface area contributed by atoms with Crippen molar-refractivity contribution in [3.8, 4) is 0 Å². The fraction of sp³-hybridized carbons (Fsp3) is 0.700. The zero-order chi connectivity index (χ0) is 9.80. The molecule has 0 amide bonds. The number of nitrogens with two attached hydrogens (primary N) is 1. The summed E-state index contributed by atoms with van der Waals surface area (Å²) in [4.78, 5) is 2.52. The minimum atomic E-state index is 0.617. The molecular weight excluding hydrogens is 176 g/mol. The van der Waals surface area contributed by atoms with E-state index in [4.69, 9.17) is 5.73 Å². The van der Waals surface area contributed by atoms with Gasteiger partial charge in [-0.3, -0.25) is 4.68 Å². The van der Waals surface area contributed by atoms with Crippen molar-refractivity contribution in [2.24, 2.45) is 0 Å². The predicted octanol–water partition coefficient (Wildman–Crippen LogP) is 0.951. The van der Waals surface area contributed by atoms with Gasteiger partial charge in [-0.2, -0.15) is 5.10 Å². The van der Waals surface area contributed by atoms with Gasteiger partial charge in [0.2, 0.25) is 0 Å². The van der Waals surface area contributed by atoms with Crippen molar-refractivity contribution < 1.29 is 0 Å². The molecule has 1 aliphatic heterocycles. The van der Waals surface area contributed by atoms with Crippen molar-refractivity contribution in [3.05, 3.63) is 12.3 Å². The molecule has 1 fully saturated rings. The van der Waals surface area contributed by atoms with E-state index in [-0.39, 0.29) is 0 Å². The number of hydrogen-bond donors (Lipinski definition) is 1. The Balaban J connectivity index is 1.67. The van der Waals surface area contributed by atoms with E-state index in [1.807, 2.05) is 16.9 Å². The Hall–Kier alpha value is -1.03. The molecule has 0 aromatic carbocycles. The van der Waals surface area contributed by atoms with Crippen molar-refractivity contribution in [2.45, 2.75) is 25.8 Å². The summed E-state index contributed by atoms with van der Waals surface area (Å²) < 4.78 is 1.92. The highest BCUT2D eigenvalue weighted by Gasteiger charge is 2.10. The summed E-state index contributed by atoms with van der Waals surface area (Å²) in [7, 11) is 0. The fourth-order valence-electron chi connectivity index (χ4n) is 1.96. The van der Waals surface area contributed by atoms with Crippen LogP contribution in [-0.4, -0.2) is 34.3 Å². The van der Waals surface area contributed by atoms with Crippen LogP contribution in [0.15, 0.2) is 12.3 Å². The van der Waals surface area contributed by atoms with E-state index < -0.39 is 0 Å². The minimum absolute atomic E-state index is 0.617. The molecule has 0 unspecified atom stereocenters. The molecule has 2 rings (SSSR count). The lowest BCUT2D eigenvalue weighted by atomic mass is 10.4. The van der Waals surface area contributed by atoms with Crippen LogP contribution in [0.3, 0.4) is 0 Å². The number of nitrogen functional groups attached to an aromatic ring is 1. The number of anilines is 1. The Kier molecular flexibility index (Phi) is 3.03. The minimum Gasteiger partial charge on any atom is -0.382 e. The number of aryl methyl sites for hydroxylation is 1. The Labute approximate surface area is 84.7 Å². The quantitative estimate of drug-likeness (QED) is 0.776. The smallest absolute Gasteiger partial charge is 0.145 e. The van der Waals surface area contributed by atoms with Gasteiger partial charge in [-0.1, -0.05) is 0 Å². The molecule has 14 heavy (non-hydrogen) atoms. The first-order valence-corrected chi connectivity index (χ1v) is 5.36. The van der Waals surface area contributed by atoms with Gasteiger partial charge in [0.25, 0.3) is 0 Å². The van der Waals surface area contributed by atoms with E-state index in [1.165, 1.54) is 38.9 Å². The lowest BCUT2D eigenvalue weighted by Gasteiger charge is -2.13.